The van der Waals surface area contributed by atoms with Crippen LogP contribution in [0, 0.1) is 0 Å². The summed E-state index contributed by atoms with van der Waals surface area (Å²) in [5.74, 6) is 0.522. The Labute approximate surface area is 175 Å². The number of hydrogen-bond acceptors (Lipinski definition) is 1. The van der Waals surface area contributed by atoms with Crippen molar-refractivity contribution in [2.24, 2.45) is 0 Å². The molecule has 6 rings (SSSR count). The maximum atomic E-state index is 6.53. The third-order valence-corrected chi connectivity index (χ3v) is 6.24. The number of fused-ring (bicyclic) bond motifs is 7. The Hall–Kier alpha value is -3.58. The van der Waals surface area contributed by atoms with E-state index in [9.17, 15) is 0 Å². The average Bonchev–Trinajstić information content (AvgIpc) is 3.19. The van der Waals surface area contributed by atoms with Crippen LogP contribution in [0.15, 0.2) is 95.4 Å². The molecule has 0 radical (unpaired) electrons. The van der Waals surface area contributed by atoms with E-state index in [1.807, 2.05) is 0 Å². The van der Waals surface area contributed by atoms with E-state index in [-0.39, 0.29) is 0 Å². The van der Waals surface area contributed by atoms with Crippen molar-refractivity contribution >= 4 is 43.5 Å². The summed E-state index contributed by atoms with van der Waals surface area (Å²) in [6.45, 7) is 4.46. The van der Waals surface area contributed by atoms with Crippen molar-refractivity contribution < 1.29 is 4.42 Å². The standard InChI is InChI=1S/C29H22O/c1-18(2)19-11-13-21(14-12-19)25-17-22-8-4-6-10-24(22)28-27-23-9-5-3-7-20(23)15-16-26(27)30-29(25)28/h3-18H,1-2H3. The van der Waals surface area contributed by atoms with Crippen LogP contribution >= 0.6 is 0 Å². The fraction of sp³-hybridized carbons (Fsp3) is 0.103. The molecule has 0 atom stereocenters. The van der Waals surface area contributed by atoms with Gasteiger partial charge in [-0.1, -0.05) is 92.7 Å². The maximum Gasteiger partial charge on any atom is 0.143 e. The van der Waals surface area contributed by atoms with Crippen molar-refractivity contribution in [2.45, 2.75) is 19.8 Å². The molecule has 1 heteroatoms. The lowest BCUT2D eigenvalue weighted by molar-refractivity contribution is 0.670. The van der Waals surface area contributed by atoms with E-state index < -0.39 is 0 Å². The Morgan fingerprint density at radius 1 is 0.633 bits per heavy atom. The minimum absolute atomic E-state index is 0.522. The normalized spacial score (nSPS) is 12.0. The molecular formula is C29H22O. The molecule has 0 aliphatic carbocycles. The molecule has 1 heterocycles. The molecule has 0 unspecified atom stereocenters. The molecule has 1 aromatic heterocycles. The SMILES string of the molecule is CC(C)c1ccc(-c2cc3ccccc3c3c2oc2ccc4ccccc4c23)cc1. The van der Waals surface area contributed by atoms with Crippen LogP contribution in [0.3, 0.4) is 0 Å². The minimum atomic E-state index is 0.522. The summed E-state index contributed by atoms with van der Waals surface area (Å²) in [6, 6.07) is 32.7. The second kappa shape index (κ2) is 6.47. The Kier molecular flexibility index (Phi) is 3.73. The summed E-state index contributed by atoms with van der Waals surface area (Å²) < 4.78 is 6.53. The predicted molar refractivity (Wildman–Crippen MR) is 128 cm³/mol. The molecule has 30 heavy (non-hydrogen) atoms. The molecule has 0 saturated heterocycles. The number of rotatable bonds is 2. The first-order valence-electron chi connectivity index (χ1n) is 10.6. The smallest absolute Gasteiger partial charge is 0.143 e. The Bertz CT molecular complexity index is 1550. The first-order valence-corrected chi connectivity index (χ1v) is 10.6. The van der Waals surface area contributed by atoms with Crippen molar-refractivity contribution in [1.29, 1.82) is 0 Å². The topological polar surface area (TPSA) is 13.1 Å². The molecule has 0 bridgehead atoms. The lowest BCUT2D eigenvalue weighted by Crippen LogP contribution is -1.87. The monoisotopic (exact) mass is 386 g/mol. The van der Waals surface area contributed by atoms with Gasteiger partial charge in [0, 0.05) is 16.3 Å². The minimum Gasteiger partial charge on any atom is -0.455 e. The van der Waals surface area contributed by atoms with Crippen molar-refractivity contribution in [2.75, 3.05) is 0 Å². The second-order valence-electron chi connectivity index (χ2n) is 8.39. The molecule has 5 aromatic carbocycles. The zero-order chi connectivity index (χ0) is 20.2. The highest BCUT2D eigenvalue weighted by Crippen LogP contribution is 2.43. The van der Waals surface area contributed by atoms with Gasteiger partial charge in [0.05, 0.1) is 0 Å². The van der Waals surface area contributed by atoms with Crippen LogP contribution in [-0.4, -0.2) is 0 Å². The maximum absolute atomic E-state index is 6.53. The highest BCUT2D eigenvalue weighted by Gasteiger charge is 2.18. The van der Waals surface area contributed by atoms with Gasteiger partial charge in [-0.2, -0.15) is 0 Å². The summed E-state index contributed by atoms with van der Waals surface area (Å²) in [5.41, 5.74) is 5.61. The third-order valence-electron chi connectivity index (χ3n) is 6.24. The Morgan fingerprint density at radius 3 is 2.03 bits per heavy atom. The van der Waals surface area contributed by atoms with Gasteiger partial charge in [-0.25, -0.2) is 0 Å². The molecule has 1 nitrogen and oxygen atoms in total. The molecule has 0 aliphatic heterocycles. The summed E-state index contributed by atoms with van der Waals surface area (Å²) in [7, 11) is 0. The van der Waals surface area contributed by atoms with Crippen molar-refractivity contribution in [1.82, 2.24) is 0 Å². The summed E-state index contributed by atoms with van der Waals surface area (Å²) >= 11 is 0. The molecule has 0 saturated carbocycles. The average molecular weight is 386 g/mol. The number of benzene rings is 5. The van der Waals surface area contributed by atoms with Crippen molar-refractivity contribution in [3.05, 3.63) is 96.6 Å². The third kappa shape index (κ3) is 2.48. The Balaban J connectivity index is 1.78. The van der Waals surface area contributed by atoms with Gasteiger partial charge in [0.2, 0.25) is 0 Å². The van der Waals surface area contributed by atoms with Crippen LogP contribution in [0.1, 0.15) is 25.3 Å². The lowest BCUT2D eigenvalue weighted by Gasteiger charge is -2.09. The van der Waals surface area contributed by atoms with Crippen LogP contribution in [-0.2, 0) is 0 Å². The molecule has 0 fully saturated rings. The molecule has 0 N–H and O–H groups in total. The van der Waals surface area contributed by atoms with E-state index in [4.69, 9.17) is 4.42 Å². The molecule has 6 aromatic rings. The van der Waals surface area contributed by atoms with Crippen molar-refractivity contribution in [3.63, 3.8) is 0 Å². The van der Waals surface area contributed by atoms with E-state index in [0.29, 0.717) is 5.92 Å². The highest BCUT2D eigenvalue weighted by atomic mass is 16.3. The van der Waals surface area contributed by atoms with Crippen LogP contribution in [0.4, 0.5) is 0 Å². The number of furan rings is 1. The van der Waals surface area contributed by atoms with Crippen LogP contribution in [0.2, 0.25) is 0 Å². The fourth-order valence-corrected chi connectivity index (χ4v) is 4.65. The zero-order valence-corrected chi connectivity index (χ0v) is 17.1. The van der Waals surface area contributed by atoms with E-state index in [2.05, 4.69) is 105 Å². The van der Waals surface area contributed by atoms with Crippen LogP contribution < -0.4 is 0 Å². The quantitative estimate of drug-likeness (QED) is 0.290. The van der Waals surface area contributed by atoms with Crippen LogP contribution in [0.25, 0.3) is 54.6 Å². The zero-order valence-electron chi connectivity index (χ0n) is 17.1. The summed E-state index contributed by atoms with van der Waals surface area (Å²) in [4.78, 5) is 0. The van der Waals surface area contributed by atoms with Crippen molar-refractivity contribution in [3.8, 4) is 11.1 Å². The van der Waals surface area contributed by atoms with Gasteiger partial charge in [0.1, 0.15) is 11.2 Å². The Morgan fingerprint density at radius 2 is 1.30 bits per heavy atom. The van der Waals surface area contributed by atoms with E-state index in [0.717, 1.165) is 16.7 Å². The lowest BCUT2D eigenvalue weighted by atomic mass is 9.93. The van der Waals surface area contributed by atoms with Gasteiger partial charge in [-0.05, 0) is 50.7 Å². The predicted octanol–water partition coefficient (Wildman–Crippen LogP) is 8.68. The van der Waals surface area contributed by atoms with Gasteiger partial charge in [-0.3, -0.25) is 0 Å². The fourth-order valence-electron chi connectivity index (χ4n) is 4.65. The molecule has 0 aliphatic rings. The molecule has 0 spiro atoms. The van der Waals surface area contributed by atoms with Gasteiger partial charge < -0.3 is 4.42 Å². The first kappa shape index (κ1) is 17.3. The molecule has 0 amide bonds. The van der Waals surface area contributed by atoms with Gasteiger partial charge in [0.25, 0.3) is 0 Å². The van der Waals surface area contributed by atoms with E-state index in [1.165, 1.54) is 43.4 Å². The van der Waals surface area contributed by atoms with Gasteiger partial charge in [0.15, 0.2) is 0 Å². The number of hydrogen-bond donors (Lipinski definition) is 0. The first-order chi connectivity index (χ1) is 14.7. The van der Waals surface area contributed by atoms with E-state index >= 15 is 0 Å². The van der Waals surface area contributed by atoms with Crippen LogP contribution in [0.5, 0.6) is 0 Å². The summed E-state index contributed by atoms with van der Waals surface area (Å²) in [5, 5.41) is 7.38. The molecular weight excluding hydrogens is 364 g/mol. The van der Waals surface area contributed by atoms with Gasteiger partial charge >= 0.3 is 0 Å². The molecule has 144 valence electrons. The van der Waals surface area contributed by atoms with E-state index in [1.54, 1.807) is 0 Å². The second-order valence-corrected chi connectivity index (χ2v) is 8.39. The largest absolute Gasteiger partial charge is 0.455 e. The highest BCUT2D eigenvalue weighted by molar-refractivity contribution is 6.28. The summed E-state index contributed by atoms with van der Waals surface area (Å²) in [6.07, 6.45) is 0. The van der Waals surface area contributed by atoms with Gasteiger partial charge in [-0.15, -0.1) is 0 Å².